The molecule has 7 nitrogen and oxygen atoms in total. The second-order valence-corrected chi connectivity index (χ2v) is 10.8. The molecule has 1 amide bonds. The highest BCUT2D eigenvalue weighted by Gasteiger charge is 2.65. The minimum Gasteiger partial charge on any atom is -0.430 e. The summed E-state index contributed by atoms with van der Waals surface area (Å²) in [7, 11) is 0. The van der Waals surface area contributed by atoms with E-state index >= 15 is 0 Å². The van der Waals surface area contributed by atoms with Gasteiger partial charge >= 0.3 is 5.97 Å². The summed E-state index contributed by atoms with van der Waals surface area (Å²) < 4.78 is 5.90. The number of nitrogens with zero attached hydrogens (tertiary/aromatic N) is 2. The fraction of sp³-hybridized carbons (Fsp3) is 0.577. The number of ether oxygens (including phenoxy) is 1. The highest BCUT2D eigenvalue weighted by Crippen LogP contribution is 2.68. The standard InChI is InChI=1S/C26H30N4O3/c27-13-18-9-16-10-20(16)30(18)24(31)23(29)26-11-15-6-17(12-26)22(26)21(8-15)33-25(32)19(28)7-14-4-2-1-3-5-14/h1-5,15-20,23H,6-12,28-29H2/t15?,16-,17?,18+,19+,20+,23-,26?/m1/s1. The summed E-state index contributed by atoms with van der Waals surface area (Å²) in [5.41, 5.74) is 14.5. The summed E-state index contributed by atoms with van der Waals surface area (Å²) in [5.74, 6) is 1.34. The van der Waals surface area contributed by atoms with Crippen molar-refractivity contribution in [2.24, 2.45) is 34.6 Å². The number of fused-ring (bicyclic) bond motifs is 2. The van der Waals surface area contributed by atoms with Gasteiger partial charge in [-0.05, 0) is 67.4 Å². The molecule has 7 rings (SSSR count). The van der Waals surface area contributed by atoms with Crippen LogP contribution in [0.5, 0.6) is 0 Å². The molecule has 3 unspecified atom stereocenters. The molecule has 4 N–H and O–H groups in total. The lowest BCUT2D eigenvalue weighted by Crippen LogP contribution is -2.65. The first-order valence-corrected chi connectivity index (χ1v) is 12.1. The number of rotatable bonds is 6. The van der Waals surface area contributed by atoms with Gasteiger partial charge < -0.3 is 21.1 Å². The first-order valence-electron chi connectivity index (χ1n) is 12.1. The minimum atomic E-state index is -0.740. The number of carbonyl (C=O) groups excluding carboxylic acids is 2. The van der Waals surface area contributed by atoms with Gasteiger partial charge in [0.1, 0.15) is 17.8 Å². The molecule has 4 fully saturated rings. The van der Waals surface area contributed by atoms with E-state index in [0.717, 1.165) is 43.2 Å². The van der Waals surface area contributed by atoms with Crippen LogP contribution in [-0.2, 0) is 20.7 Å². The third-order valence-electron chi connectivity index (χ3n) is 8.79. The predicted molar refractivity (Wildman–Crippen MR) is 120 cm³/mol. The van der Waals surface area contributed by atoms with Gasteiger partial charge in [-0.2, -0.15) is 5.26 Å². The molecule has 172 valence electrons. The highest BCUT2D eigenvalue weighted by molar-refractivity contribution is 5.86. The van der Waals surface area contributed by atoms with Crippen molar-refractivity contribution in [1.82, 2.24) is 4.90 Å². The average Bonchev–Trinajstić information content (AvgIpc) is 3.47. The zero-order valence-corrected chi connectivity index (χ0v) is 18.7. The molecule has 3 saturated carbocycles. The number of nitriles is 1. The van der Waals surface area contributed by atoms with Gasteiger partial charge in [-0.15, -0.1) is 0 Å². The zero-order chi connectivity index (χ0) is 22.9. The quantitative estimate of drug-likeness (QED) is 0.645. The molecule has 0 aromatic heterocycles. The van der Waals surface area contributed by atoms with Gasteiger partial charge in [0, 0.05) is 17.9 Å². The van der Waals surface area contributed by atoms with E-state index in [0.29, 0.717) is 36.4 Å². The number of benzene rings is 1. The van der Waals surface area contributed by atoms with Gasteiger partial charge in [0.25, 0.3) is 0 Å². The largest absolute Gasteiger partial charge is 0.430 e. The summed E-state index contributed by atoms with van der Waals surface area (Å²) in [6, 6.07) is 10.4. The van der Waals surface area contributed by atoms with Crippen LogP contribution in [0.15, 0.2) is 41.7 Å². The molecule has 1 heterocycles. The number of allylic oxidation sites excluding steroid dienone is 1. The monoisotopic (exact) mass is 446 g/mol. The third kappa shape index (κ3) is 3.15. The number of hydrogen-bond acceptors (Lipinski definition) is 6. The Labute approximate surface area is 193 Å². The summed E-state index contributed by atoms with van der Waals surface area (Å²) in [5, 5.41) is 9.53. The van der Waals surface area contributed by atoms with Crippen molar-refractivity contribution in [3.63, 3.8) is 0 Å². The van der Waals surface area contributed by atoms with Crippen LogP contribution in [0.25, 0.3) is 0 Å². The van der Waals surface area contributed by atoms with E-state index in [9.17, 15) is 14.9 Å². The van der Waals surface area contributed by atoms with Crippen LogP contribution in [0, 0.1) is 34.5 Å². The van der Waals surface area contributed by atoms with E-state index in [1.807, 2.05) is 30.3 Å². The summed E-state index contributed by atoms with van der Waals surface area (Å²) in [6.45, 7) is 0. The topological polar surface area (TPSA) is 122 Å². The fourth-order valence-corrected chi connectivity index (χ4v) is 7.31. The van der Waals surface area contributed by atoms with Gasteiger partial charge in [-0.3, -0.25) is 4.79 Å². The first kappa shape index (κ1) is 20.9. The van der Waals surface area contributed by atoms with E-state index in [4.69, 9.17) is 16.2 Å². The van der Waals surface area contributed by atoms with Crippen LogP contribution >= 0.6 is 0 Å². The van der Waals surface area contributed by atoms with Crippen molar-refractivity contribution >= 4 is 11.9 Å². The van der Waals surface area contributed by atoms with E-state index in [1.165, 1.54) is 0 Å². The van der Waals surface area contributed by atoms with Gasteiger partial charge in [0.15, 0.2) is 0 Å². The number of piperidine rings is 1. The van der Waals surface area contributed by atoms with E-state index in [-0.39, 0.29) is 18.0 Å². The third-order valence-corrected chi connectivity index (χ3v) is 8.79. The van der Waals surface area contributed by atoms with Crippen LogP contribution in [0.3, 0.4) is 0 Å². The molecule has 5 aliphatic carbocycles. The van der Waals surface area contributed by atoms with Crippen molar-refractivity contribution in [3.05, 3.63) is 47.2 Å². The van der Waals surface area contributed by atoms with Gasteiger partial charge in [-0.1, -0.05) is 30.3 Å². The van der Waals surface area contributed by atoms with Crippen LogP contribution in [-0.4, -0.2) is 40.9 Å². The van der Waals surface area contributed by atoms with E-state index in [2.05, 4.69) is 6.07 Å². The Bertz CT molecular complexity index is 1080. The molecule has 1 aromatic carbocycles. The number of nitrogens with two attached hydrogens (primary N) is 2. The maximum absolute atomic E-state index is 13.5. The second kappa shape index (κ2) is 7.41. The van der Waals surface area contributed by atoms with Crippen molar-refractivity contribution in [1.29, 1.82) is 5.26 Å². The Morgan fingerprint density at radius 1 is 1.18 bits per heavy atom. The summed E-state index contributed by atoms with van der Waals surface area (Å²) in [4.78, 5) is 28.1. The van der Waals surface area contributed by atoms with Crippen molar-refractivity contribution in [2.45, 2.75) is 69.1 Å². The SMILES string of the molecule is N#C[C@@H]1C[C@@H]2C[C@@H]2N1C(=O)[C@@H](N)C12CC3CC(OC(=O)[C@@H](N)Cc4ccccc4)=C1C(C3)C2. The minimum absolute atomic E-state index is 0.100. The lowest BCUT2D eigenvalue weighted by molar-refractivity contribution is -0.145. The molecule has 4 bridgehead atoms. The van der Waals surface area contributed by atoms with Crippen LogP contribution in [0.2, 0.25) is 0 Å². The molecule has 1 saturated heterocycles. The van der Waals surface area contributed by atoms with E-state index in [1.54, 1.807) is 4.90 Å². The Hall–Kier alpha value is -2.69. The van der Waals surface area contributed by atoms with Crippen molar-refractivity contribution in [3.8, 4) is 6.07 Å². The Morgan fingerprint density at radius 2 is 1.97 bits per heavy atom. The van der Waals surface area contributed by atoms with Gasteiger partial charge in [-0.25, -0.2) is 4.79 Å². The van der Waals surface area contributed by atoms with Crippen LogP contribution in [0.1, 0.15) is 44.1 Å². The van der Waals surface area contributed by atoms with Gasteiger partial charge in [0.2, 0.25) is 5.91 Å². The number of esters is 1. The van der Waals surface area contributed by atoms with Crippen LogP contribution < -0.4 is 11.5 Å². The molecular formula is C26H30N4O3. The molecule has 6 aliphatic rings. The average molecular weight is 447 g/mol. The normalized spacial score (nSPS) is 37.0. The lowest BCUT2D eigenvalue weighted by atomic mass is 9.42. The van der Waals surface area contributed by atoms with Crippen molar-refractivity contribution in [2.75, 3.05) is 0 Å². The summed E-state index contributed by atoms with van der Waals surface area (Å²) in [6.07, 6.45) is 5.69. The summed E-state index contributed by atoms with van der Waals surface area (Å²) >= 11 is 0. The maximum Gasteiger partial charge on any atom is 0.328 e. The molecular weight excluding hydrogens is 416 g/mol. The van der Waals surface area contributed by atoms with Crippen molar-refractivity contribution < 1.29 is 14.3 Å². The Kier molecular flexibility index (Phi) is 4.69. The number of carbonyl (C=O) groups is 2. The van der Waals surface area contributed by atoms with E-state index < -0.39 is 23.5 Å². The van der Waals surface area contributed by atoms with Crippen LogP contribution in [0.4, 0.5) is 0 Å². The molecule has 8 atom stereocenters. The predicted octanol–water partition coefficient (Wildman–Crippen LogP) is 2.01. The lowest BCUT2D eigenvalue weighted by Gasteiger charge is -2.63. The molecule has 33 heavy (non-hydrogen) atoms. The number of amides is 1. The Balaban J connectivity index is 1.21. The Morgan fingerprint density at radius 3 is 2.70 bits per heavy atom. The molecule has 1 aliphatic heterocycles. The smallest absolute Gasteiger partial charge is 0.328 e. The second-order valence-electron chi connectivity index (χ2n) is 10.8. The molecule has 0 spiro atoms. The molecule has 1 aromatic rings. The molecule has 0 radical (unpaired) electrons. The zero-order valence-electron chi connectivity index (χ0n) is 18.7. The first-order chi connectivity index (χ1) is 15.9. The highest BCUT2D eigenvalue weighted by atomic mass is 16.5. The number of likely N-dealkylation sites (tertiary alicyclic amines) is 1. The maximum atomic E-state index is 13.5. The fourth-order valence-electron chi connectivity index (χ4n) is 7.31. The molecule has 7 heteroatoms. The number of hydrogen-bond donors (Lipinski definition) is 2. The van der Waals surface area contributed by atoms with Gasteiger partial charge in [0.05, 0.1) is 12.1 Å².